The molecule has 17 heavy (non-hydrogen) atoms. The Morgan fingerprint density at radius 1 is 1.29 bits per heavy atom. The summed E-state index contributed by atoms with van der Waals surface area (Å²) in [5.74, 6) is -1.78. The minimum atomic E-state index is -2.66. The van der Waals surface area contributed by atoms with E-state index in [0.717, 1.165) is 6.07 Å². The van der Waals surface area contributed by atoms with Crippen molar-refractivity contribution in [2.75, 3.05) is 6.54 Å². The third kappa shape index (κ3) is 3.86. The van der Waals surface area contributed by atoms with Crippen LogP contribution in [0.4, 0.5) is 8.78 Å². The van der Waals surface area contributed by atoms with Crippen LogP contribution in [0.2, 0.25) is 0 Å². The number of hydrogen-bond donors (Lipinski definition) is 2. The minimum absolute atomic E-state index is 0.126. The van der Waals surface area contributed by atoms with E-state index in [0.29, 0.717) is 6.42 Å². The Morgan fingerprint density at radius 3 is 2.59 bits per heavy atom. The van der Waals surface area contributed by atoms with E-state index < -0.39 is 28.1 Å². The first-order valence-corrected chi connectivity index (χ1v) is 6.04. The third-order valence-corrected chi connectivity index (χ3v) is 2.67. The van der Waals surface area contributed by atoms with E-state index in [-0.39, 0.29) is 24.8 Å². The van der Waals surface area contributed by atoms with E-state index in [2.05, 4.69) is 4.72 Å². The second kappa shape index (κ2) is 6.41. The van der Waals surface area contributed by atoms with Crippen LogP contribution >= 0.6 is 0 Å². The highest BCUT2D eigenvalue weighted by atomic mass is 32.2. The zero-order valence-corrected chi connectivity index (χ0v) is 9.68. The molecule has 0 bridgehead atoms. The van der Waals surface area contributed by atoms with Gasteiger partial charge >= 0.3 is 0 Å². The Balaban J connectivity index is 2.69. The average molecular weight is 263 g/mol. The summed E-state index contributed by atoms with van der Waals surface area (Å²) in [7, 11) is -2.66. The summed E-state index contributed by atoms with van der Waals surface area (Å²) in [4.78, 5) is 10.4. The van der Waals surface area contributed by atoms with Crippen LogP contribution in [0, 0.1) is 11.6 Å². The van der Waals surface area contributed by atoms with E-state index in [1.165, 1.54) is 6.07 Å². The van der Waals surface area contributed by atoms with Gasteiger partial charge in [-0.2, -0.15) is 0 Å². The van der Waals surface area contributed by atoms with Crippen molar-refractivity contribution in [3.8, 4) is 0 Å². The van der Waals surface area contributed by atoms with Crippen LogP contribution < -0.4 is 4.72 Å². The summed E-state index contributed by atoms with van der Waals surface area (Å²) >= 11 is 0. The number of thiol groups is 1. The molecule has 0 fully saturated rings. The molecule has 94 valence electrons. The van der Waals surface area contributed by atoms with Crippen molar-refractivity contribution in [2.24, 2.45) is 0 Å². The molecule has 0 atom stereocenters. The SMILES string of the molecule is O=Cc1c(F)ccc(CCCN[SH](=O)=O)c1F. The molecule has 0 amide bonds. The Hall–Kier alpha value is -1.34. The fourth-order valence-electron chi connectivity index (χ4n) is 1.36. The topological polar surface area (TPSA) is 63.2 Å². The van der Waals surface area contributed by atoms with Gasteiger partial charge in [-0.1, -0.05) is 6.07 Å². The average Bonchev–Trinajstić information content (AvgIpc) is 2.27. The number of benzene rings is 1. The molecule has 0 radical (unpaired) electrons. The highest BCUT2D eigenvalue weighted by molar-refractivity contribution is 7.70. The molecule has 0 spiro atoms. The van der Waals surface area contributed by atoms with Gasteiger partial charge in [-0.15, -0.1) is 0 Å². The first kappa shape index (κ1) is 13.7. The number of rotatable bonds is 6. The van der Waals surface area contributed by atoms with Gasteiger partial charge in [0.1, 0.15) is 11.6 Å². The Bertz CT molecular complexity index is 481. The molecule has 1 aromatic carbocycles. The van der Waals surface area contributed by atoms with Gasteiger partial charge in [-0.05, 0) is 24.5 Å². The summed E-state index contributed by atoms with van der Waals surface area (Å²) in [5.41, 5.74) is -0.401. The molecule has 0 aromatic heterocycles. The summed E-state index contributed by atoms with van der Waals surface area (Å²) in [6, 6.07) is 2.26. The third-order valence-electron chi connectivity index (χ3n) is 2.19. The number of aryl methyl sites for hydroxylation is 1. The number of carbonyl (C=O) groups is 1. The van der Waals surface area contributed by atoms with Crippen molar-refractivity contribution in [2.45, 2.75) is 12.8 Å². The smallest absolute Gasteiger partial charge is 0.201 e. The van der Waals surface area contributed by atoms with E-state index in [1.807, 2.05) is 0 Å². The number of hydrogen-bond acceptors (Lipinski definition) is 3. The number of carbonyl (C=O) groups excluding carboxylic acids is 1. The van der Waals surface area contributed by atoms with Gasteiger partial charge in [-0.3, -0.25) is 4.79 Å². The molecule has 0 aliphatic heterocycles. The minimum Gasteiger partial charge on any atom is -0.298 e. The molecule has 0 saturated carbocycles. The first-order valence-electron chi connectivity index (χ1n) is 4.86. The predicted molar refractivity (Wildman–Crippen MR) is 58.4 cm³/mol. The van der Waals surface area contributed by atoms with Crippen LogP contribution in [-0.2, 0) is 17.3 Å². The normalized spacial score (nSPS) is 10.8. The fourth-order valence-corrected chi connectivity index (χ4v) is 1.71. The van der Waals surface area contributed by atoms with Gasteiger partial charge in [-0.25, -0.2) is 21.9 Å². The Kier molecular flexibility index (Phi) is 5.17. The van der Waals surface area contributed by atoms with Crippen LogP contribution in [0.25, 0.3) is 0 Å². The lowest BCUT2D eigenvalue weighted by molar-refractivity contribution is 0.111. The molecule has 1 aromatic rings. The van der Waals surface area contributed by atoms with E-state index in [9.17, 15) is 22.0 Å². The van der Waals surface area contributed by atoms with Gasteiger partial charge in [0, 0.05) is 6.54 Å². The lowest BCUT2D eigenvalue weighted by atomic mass is 10.1. The molecule has 1 rings (SSSR count). The predicted octanol–water partition coefficient (Wildman–Crippen LogP) is 0.826. The van der Waals surface area contributed by atoms with Crippen LogP contribution in [0.5, 0.6) is 0 Å². The Labute approximate surface area is 98.7 Å². The van der Waals surface area contributed by atoms with Gasteiger partial charge in [0.15, 0.2) is 6.29 Å². The number of aldehydes is 1. The van der Waals surface area contributed by atoms with Gasteiger partial charge in [0.05, 0.1) is 5.56 Å². The first-order chi connectivity index (χ1) is 8.06. The highest BCUT2D eigenvalue weighted by Gasteiger charge is 2.12. The lowest BCUT2D eigenvalue weighted by Gasteiger charge is -2.05. The highest BCUT2D eigenvalue weighted by Crippen LogP contribution is 2.16. The zero-order valence-electron chi connectivity index (χ0n) is 8.78. The summed E-state index contributed by atoms with van der Waals surface area (Å²) < 4.78 is 49.0. The molecule has 1 N–H and O–H groups in total. The molecule has 0 aliphatic rings. The number of halogens is 2. The quantitative estimate of drug-likeness (QED) is 0.454. The fraction of sp³-hybridized carbons (Fsp3) is 0.300. The van der Waals surface area contributed by atoms with Gasteiger partial charge < -0.3 is 0 Å². The largest absolute Gasteiger partial charge is 0.298 e. The monoisotopic (exact) mass is 263 g/mol. The van der Waals surface area contributed by atoms with E-state index >= 15 is 0 Å². The van der Waals surface area contributed by atoms with Crippen molar-refractivity contribution in [1.82, 2.24) is 4.72 Å². The van der Waals surface area contributed by atoms with Crippen molar-refractivity contribution >= 4 is 17.2 Å². The van der Waals surface area contributed by atoms with Crippen LogP contribution in [-0.4, -0.2) is 21.2 Å². The second-order valence-corrected chi connectivity index (χ2v) is 4.15. The molecule has 0 heterocycles. The zero-order chi connectivity index (χ0) is 12.8. The van der Waals surface area contributed by atoms with Crippen LogP contribution in [0.1, 0.15) is 22.3 Å². The number of nitrogens with one attached hydrogen (secondary N) is 1. The van der Waals surface area contributed by atoms with Crippen LogP contribution in [0.3, 0.4) is 0 Å². The van der Waals surface area contributed by atoms with E-state index in [1.54, 1.807) is 0 Å². The maximum absolute atomic E-state index is 13.5. The molecular formula is C10H11F2NO3S. The molecule has 7 heteroatoms. The summed E-state index contributed by atoms with van der Waals surface area (Å²) in [6.07, 6.45) is 0.717. The lowest BCUT2D eigenvalue weighted by Crippen LogP contribution is -2.13. The maximum Gasteiger partial charge on any atom is 0.201 e. The summed E-state index contributed by atoms with van der Waals surface area (Å²) in [6.45, 7) is 0.173. The van der Waals surface area contributed by atoms with Crippen LogP contribution in [0.15, 0.2) is 12.1 Å². The molecule has 0 unspecified atom stereocenters. The second-order valence-electron chi connectivity index (χ2n) is 3.32. The summed E-state index contributed by atoms with van der Waals surface area (Å²) in [5, 5.41) is 0. The maximum atomic E-state index is 13.5. The van der Waals surface area contributed by atoms with E-state index in [4.69, 9.17) is 0 Å². The van der Waals surface area contributed by atoms with Gasteiger partial charge in [0.25, 0.3) is 0 Å². The molecule has 0 saturated heterocycles. The van der Waals surface area contributed by atoms with Crippen molar-refractivity contribution in [1.29, 1.82) is 0 Å². The molecular weight excluding hydrogens is 252 g/mol. The van der Waals surface area contributed by atoms with Crippen molar-refractivity contribution < 1.29 is 22.0 Å². The Morgan fingerprint density at radius 2 is 2.00 bits per heavy atom. The molecule has 4 nitrogen and oxygen atoms in total. The van der Waals surface area contributed by atoms with Crippen molar-refractivity contribution in [3.63, 3.8) is 0 Å². The van der Waals surface area contributed by atoms with Gasteiger partial charge in [0.2, 0.25) is 10.9 Å². The molecule has 0 aliphatic carbocycles. The standard InChI is InChI=1S/C10H11F2NO3S/c11-9-4-3-7(10(12)8(9)6-14)2-1-5-13-17(15)16/h3-4,6,17H,1-2,5H2,(H,13,15,16). The van der Waals surface area contributed by atoms with Crippen molar-refractivity contribution in [3.05, 3.63) is 34.9 Å².